The summed E-state index contributed by atoms with van der Waals surface area (Å²) in [7, 11) is 3.45. The fourth-order valence-electron chi connectivity index (χ4n) is 2.53. The quantitative estimate of drug-likeness (QED) is 0.319. The van der Waals surface area contributed by atoms with Crippen molar-refractivity contribution in [2.75, 3.05) is 46.9 Å². The lowest BCUT2D eigenvalue weighted by Gasteiger charge is -2.32. The van der Waals surface area contributed by atoms with Gasteiger partial charge in [0.15, 0.2) is 5.96 Å². The summed E-state index contributed by atoms with van der Waals surface area (Å²) < 4.78 is 5.05. The van der Waals surface area contributed by atoms with Gasteiger partial charge >= 0.3 is 6.09 Å². The minimum Gasteiger partial charge on any atom is -0.450 e. The highest BCUT2D eigenvalue weighted by Gasteiger charge is 2.24. The molecule has 1 fully saturated rings. The lowest BCUT2D eigenvalue weighted by molar-refractivity contribution is -0.127. The molecule has 0 spiro atoms. The Labute approximate surface area is 180 Å². The van der Waals surface area contributed by atoms with Crippen LogP contribution in [0.5, 0.6) is 0 Å². The molecule has 8 nitrogen and oxygen atoms in total. The molecule has 1 aliphatic rings. The van der Waals surface area contributed by atoms with Gasteiger partial charge in [0, 0.05) is 39.8 Å². The number of likely N-dealkylation sites (tertiary alicyclic amines) is 1. The van der Waals surface area contributed by atoms with Crippen LogP contribution in [0.4, 0.5) is 4.79 Å². The second-order valence-electron chi connectivity index (χ2n) is 7.17. The number of carbonyl (C=O) groups is 2. The number of halogens is 1. The number of nitrogens with zero attached hydrogens (tertiary/aromatic N) is 3. The molecule has 0 aromatic heterocycles. The van der Waals surface area contributed by atoms with Crippen molar-refractivity contribution in [2.45, 2.75) is 46.1 Å². The molecule has 9 heteroatoms. The predicted molar refractivity (Wildman–Crippen MR) is 119 cm³/mol. The fraction of sp³-hybridized carbons (Fsp3) is 0.833. The number of likely N-dealkylation sites (N-methyl/N-ethyl adjacent to an activating group) is 1. The molecule has 1 saturated heterocycles. The summed E-state index contributed by atoms with van der Waals surface area (Å²) in [6.07, 6.45) is 2.44. The van der Waals surface area contributed by atoms with Gasteiger partial charge in [-0.25, -0.2) is 9.79 Å². The van der Waals surface area contributed by atoms with Gasteiger partial charge in [0.2, 0.25) is 5.91 Å². The van der Waals surface area contributed by atoms with Crippen LogP contribution < -0.4 is 10.6 Å². The number of aliphatic imine (C=N–C) groups is 1. The van der Waals surface area contributed by atoms with Gasteiger partial charge in [-0.1, -0.05) is 13.8 Å². The molecule has 0 aromatic rings. The Kier molecular flexibility index (Phi) is 13.2. The number of guanidine groups is 1. The largest absolute Gasteiger partial charge is 0.450 e. The van der Waals surface area contributed by atoms with Gasteiger partial charge in [-0.2, -0.15) is 0 Å². The van der Waals surface area contributed by atoms with E-state index in [4.69, 9.17) is 4.74 Å². The van der Waals surface area contributed by atoms with Gasteiger partial charge in [0.1, 0.15) is 6.54 Å². The van der Waals surface area contributed by atoms with Crippen LogP contribution in [0.1, 0.15) is 40.0 Å². The van der Waals surface area contributed by atoms with E-state index in [1.54, 1.807) is 19.0 Å². The van der Waals surface area contributed by atoms with Crippen LogP contribution in [0, 0.1) is 5.92 Å². The number of piperidine rings is 1. The molecule has 2 amide bonds. The van der Waals surface area contributed by atoms with E-state index in [0.717, 1.165) is 25.8 Å². The molecule has 1 rings (SSSR count). The Morgan fingerprint density at radius 1 is 1.26 bits per heavy atom. The Bertz CT molecular complexity index is 478. The number of hydrogen-bond acceptors (Lipinski definition) is 4. The molecule has 1 aliphatic heterocycles. The second kappa shape index (κ2) is 13.8. The Balaban J connectivity index is 0.00000676. The van der Waals surface area contributed by atoms with E-state index in [-0.39, 0.29) is 48.6 Å². The number of nitrogens with one attached hydrogen (secondary N) is 2. The lowest BCUT2D eigenvalue weighted by Crippen LogP contribution is -2.50. The standard InChI is InChI=1S/C18H35N5O3.HI/c1-6-26-18(25)23-11-8-15(9-12-23)21-17(19-10-7-14(2)3)20-13-16(24)22(4)5;/h14-15H,6-13H2,1-5H3,(H2,19,20,21);1H. The molecule has 0 aliphatic carbocycles. The molecule has 27 heavy (non-hydrogen) atoms. The molecule has 0 atom stereocenters. The van der Waals surface area contributed by atoms with Gasteiger partial charge in [-0.05, 0) is 32.1 Å². The van der Waals surface area contributed by atoms with E-state index < -0.39 is 0 Å². The van der Waals surface area contributed by atoms with Crippen LogP contribution in [0.25, 0.3) is 0 Å². The van der Waals surface area contributed by atoms with E-state index in [2.05, 4.69) is 29.5 Å². The highest BCUT2D eigenvalue weighted by atomic mass is 127. The molecule has 158 valence electrons. The van der Waals surface area contributed by atoms with Crippen molar-refractivity contribution in [1.29, 1.82) is 0 Å². The first kappa shape index (κ1) is 25.7. The monoisotopic (exact) mass is 497 g/mol. The Morgan fingerprint density at radius 2 is 1.89 bits per heavy atom. The summed E-state index contributed by atoms with van der Waals surface area (Å²) in [5.41, 5.74) is 0. The highest BCUT2D eigenvalue weighted by Crippen LogP contribution is 2.11. The third-order valence-electron chi connectivity index (χ3n) is 4.25. The average Bonchev–Trinajstić information content (AvgIpc) is 2.59. The first-order valence-electron chi connectivity index (χ1n) is 9.50. The van der Waals surface area contributed by atoms with Gasteiger partial charge in [0.25, 0.3) is 0 Å². The third-order valence-corrected chi connectivity index (χ3v) is 4.25. The van der Waals surface area contributed by atoms with Gasteiger partial charge in [0.05, 0.1) is 6.61 Å². The van der Waals surface area contributed by atoms with Crippen LogP contribution >= 0.6 is 24.0 Å². The predicted octanol–water partition coefficient (Wildman–Crippen LogP) is 1.89. The smallest absolute Gasteiger partial charge is 0.409 e. The van der Waals surface area contributed by atoms with E-state index in [0.29, 0.717) is 31.6 Å². The van der Waals surface area contributed by atoms with Crippen molar-refractivity contribution < 1.29 is 14.3 Å². The number of rotatable bonds is 7. The van der Waals surface area contributed by atoms with Gasteiger partial charge < -0.3 is 25.2 Å². The number of carbonyl (C=O) groups excluding carboxylic acids is 2. The van der Waals surface area contributed by atoms with E-state index in [1.165, 1.54) is 4.90 Å². The van der Waals surface area contributed by atoms with Crippen molar-refractivity contribution >= 4 is 41.9 Å². The van der Waals surface area contributed by atoms with Crippen LogP contribution in [0.3, 0.4) is 0 Å². The van der Waals surface area contributed by atoms with E-state index >= 15 is 0 Å². The van der Waals surface area contributed by atoms with Crippen molar-refractivity contribution in [3.8, 4) is 0 Å². The maximum atomic E-state index is 11.8. The SMILES string of the molecule is CCOC(=O)N1CCC(NC(=NCC(=O)N(C)C)NCCC(C)C)CC1.I. The minimum absolute atomic E-state index is 0. The maximum absolute atomic E-state index is 11.8. The summed E-state index contributed by atoms with van der Waals surface area (Å²) in [5, 5.41) is 6.71. The molecule has 2 N–H and O–H groups in total. The Hall–Kier alpha value is -1.26. The molecule has 1 heterocycles. The van der Waals surface area contributed by atoms with Crippen LogP contribution in [-0.4, -0.2) is 80.7 Å². The zero-order chi connectivity index (χ0) is 19.5. The van der Waals surface area contributed by atoms with Crippen LogP contribution in [0.2, 0.25) is 0 Å². The van der Waals surface area contributed by atoms with Crippen molar-refractivity contribution in [1.82, 2.24) is 20.4 Å². The molecule has 0 radical (unpaired) electrons. The molecule has 0 aromatic carbocycles. The summed E-state index contributed by atoms with van der Waals surface area (Å²) >= 11 is 0. The lowest BCUT2D eigenvalue weighted by atomic mass is 10.1. The summed E-state index contributed by atoms with van der Waals surface area (Å²) in [4.78, 5) is 31.3. The normalized spacial score (nSPS) is 15.2. The van der Waals surface area contributed by atoms with Crippen LogP contribution in [0.15, 0.2) is 4.99 Å². The zero-order valence-electron chi connectivity index (χ0n) is 17.3. The van der Waals surface area contributed by atoms with Crippen molar-refractivity contribution in [3.63, 3.8) is 0 Å². The zero-order valence-corrected chi connectivity index (χ0v) is 19.6. The van der Waals surface area contributed by atoms with E-state index in [1.807, 2.05) is 6.92 Å². The Morgan fingerprint density at radius 3 is 2.41 bits per heavy atom. The third kappa shape index (κ3) is 10.6. The highest BCUT2D eigenvalue weighted by molar-refractivity contribution is 14.0. The van der Waals surface area contributed by atoms with Gasteiger partial charge in [-0.15, -0.1) is 24.0 Å². The van der Waals surface area contributed by atoms with E-state index in [9.17, 15) is 9.59 Å². The molecular formula is C18H36IN5O3. The first-order valence-corrected chi connectivity index (χ1v) is 9.50. The van der Waals surface area contributed by atoms with Crippen molar-refractivity contribution in [2.24, 2.45) is 10.9 Å². The van der Waals surface area contributed by atoms with Crippen molar-refractivity contribution in [3.05, 3.63) is 0 Å². The van der Waals surface area contributed by atoms with Crippen LogP contribution in [-0.2, 0) is 9.53 Å². The number of amides is 2. The second-order valence-corrected chi connectivity index (χ2v) is 7.17. The minimum atomic E-state index is -0.244. The summed E-state index contributed by atoms with van der Waals surface area (Å²) in [6.45, 7) is 8.80. The molecule has 0 bridgehead atoms. The fourth-order valence-corrected chi connectivity index (χ4v) is 2.53. The summed E-state index contributed by atoms with van der Waals surface area (Å²) in [6, 6.07) is 0.223. The summed E-state index contributed by atoms with van der Waals surface area (Å²) in [5.74, 6) is 1.22. The molecule has 0 unspecified atom stereocenters. The van der Waals surface area contributed by atoms with Gasteiger partial charge in [-0.3, -0.25) is 4.79 Å². The number of ether oxygens (including phenoxy) is 1. The topological polar surface area (TPSA) is 86.3 Å². The average molecular weight is 497 g/mol. The number of hydrogen-bond donors (Lipinski definition) is 2. The maximum Gasteiger partial charge on any atom is 0.409 e. The molecular weight excluding hydrogens is 461 g/mol. The first-order chi connectivity index (χ1) is 12.3. The molecule has 0 saturated carbocycles.